The third-order valence-corrected chi connectivity index (χ3v) is 4.20. The molecule has 0 aromatic heterocycles. The zero-order valence-corrected chi connectivity index (χ0v) is 12.4. The molecule has 4 heteroatoms. The first-order valence-corrected chi connectivity index (χ1v) is 7.87. The predicted octanol–water partition coefficient (Wildman–Crippen LogP) is 1.94. The Morgan fingerprint density at radius 2 is 2.11 bits per heavy atom. The van der Waals surface area contributed by atoms with Crippen molar-refractivity contribution in [2.45, 2.75) is 64.0 Å². The molecule has 1 heterocycles. The Labute approximate surface area is 116 Å². The number of nitrogens with zero attached hydrogens (tertiary/aromatic N) is 1. The average Bonchev–Trinajstić information content (AvgIpc) is 3.20. The van der Waals surface area contributed by atoms with Crippen LogP contribution in [-0.2, 0) is 9.53 Å². The Morgan fingerprint density at radius 3 is 2.74 bits per heavy atom. The monoisotopic (exact) mass is 268 g/mol. The Morgan fingerprint density at radius 1 is 1.32 bits per heavy atom. The molecule has 0 aromatic carbocycles. The highest BCUT2D eigenvalue weighted by molar-refractivity contribution is 5.81. The minimum atomic E-state index is -0.417. The summed E-state index contributed by atoms with van der Waals surface area (Å²) in [5, 5.41) is 3.59. The summed E-state index contributed by atoms with van der Waals surface area (Å²) in [7, 11) is 0. The summed E-state index contributed by atoms with van der Waals surface area (Å²) in [5.74, 6) is -0.0275. The standard InChI is InChI=1S/C15H28N2O2/c1-3-10-17-11-5-8-15(9-12-17,14(18)19-4-2)16-13-6-7-13/h13,16H,3-12H2,1-2H3. The fourth-order valence-corrected chi connectivity index (χ4v) is 3.03. The van der Waals surface area contributed by atoms with Crippen LogP contribution >= 0.6 is 0 Å². The molecule has 1 N–H and O–H groups in total. The van der Waals surface area contributed by atoms with Gasteiger partial charge in [-0.25, -0.2) is 0 Å². The number of likely N-dealkylation sites (tertiary alicyclic amines) is 1. The van der Waals surface area contributed by atoms with Crippen LogP contribution < -0.4 is 5.32 Å². The molecule has 2 aliphatic rings. The molecule has 0 radical (unpaired) electrons. The largest absolute Gasteiger partial charge is 0.465 e. The minimum Gasteiger partial charge on any atom is -0.465 e. The van der Waals surface area contributed by atoms with E-state index >= 15 is 0 Å². The van der Waals surface area contributed by atoms with Crippen LogP contribution in [0.3, 0.4) is 0 Å². The first kappa shape index (κ1) is 14.8. The molecule has 0 bridgehead atoms. The fourth-order valence-electron chi connectivity index (χ4n) is 3.03. The second kappa shape index (κ2) is 6.71. The Balaban J connectivity index is 2.01. The zero-order valence-electron chi connectivity index (χ0n) is 12.4. The summed E-state index contributed by atoms with van der Waals surface area (Å²) < 4.78 is 5.34. The summed E-state index contributed by atoms with van der Waals surface area (Å²) in [6.45, 7) is 7.84. The number of ether oxygens (including phenoxy) is 1. The van der Waals surface area contributed by atoms with Gasteiger partial charge in [0, 0.05) is 12.6 Å². The van der Waals surface area contributed by atoms with Crippen LogP contribution in [-0.4, -0.2) is 48.7 Å². The number of nitrogens with one attached hydrogen (secondary N) is 1. The smallest absolute Gasteiger partial charge is 0.326 e. The van der Waals surface area contributed by atoms with Gasteiger partial charge in [-0.1, -0.05) is 6.92 Å². The van der Waals surface area contributed by atoms with Gasteiger partial charge >= 0.3 is 5.97 Å². The highest BCUT2D eigenvalue weighted by atomic mass is 16.5. The molecule has 4 nitrogen and oxygen atoms in total. The van der Waals surface area contributed by atoms with Crippen molar-refractivity contribution in [3.05, 3.63) is 0 Å². The number of rotatable bonds is 6. The lowest BCUT2D eigenvalue weighted by atomic mass is 9.90. The van der Waals surface area contributed by atoms with Crippen molar-refractivity contribution < 1.29 is 9.53 Å². The van der Waals surface area contributed by atoms with Crippen molar-refractivity contribution in [2.75, 3.05) is 26.2 Å². The molecule has 1 aliphatic heterocycles. The molecule has 2 rings (SSSR count). The second-order valence-electron chi connectivity index (χ2n) is 5.92. The van der Waals surface area contributed by atoms with Crippen LogP contribution in [0.2, 0.25) is 0 Å². The van der Waals surface area contributed by atoms with E-state index in [0.717, 1.165) is 38.9 Å². The third-order valence-electron chi connectivity index (χ3n) is 4.20. The maximum Gasteiger partial charge on any atom is 0.326 e. The van der Waals surface area contributed by atoms with Gasteiger partial charge < -0.3 is 9.64 Å². The van der Waals surface area contributed by atoms with E-state index in [1.807, 2.05) is 6.92 Å². The molecule has 0 amide bonds. The molecule has 1 unspecified atom stereocenters. The predicted molar refractivity (Wildman–Crippen MR) is 76.1 cm³/mol. The number of carbonyl (C=O) groups is 1. The van der Waals surface area contributed by atoms with Crippen LogP contribution in [0.5, 0.6) is 0 Å². The van der Waals surface area contributed by atoms with Crippen LogP contribution in [0.25, 0.3) is 0 Å². The van der Waals surface area contributed by atoms with Gasteiger partial charge in [-0.15, -0.1) is 0 Å². The minimum absolute atomic E-state index is 0.0275. The van der Waals surface area contributed by atoms with E-state index in [1.54, 1.807) is 0 Å². The van der Waals surface area contributed by atoms with E-state index in [9.17, 15) is 4.79 Å². The molecule has 19 heavy (non-hydrogen) atoms. The van der Waals surface area contributed by atoms with Gasteiger partial charge in [0.05, 0.1) is 6.61 Å². The SMILES string of the molecule is CCCN1CCCC(NC2CC2)(C(=O)OCC)CC1. The number of hydrogen-bond donors (Lipinski definition) is 1. The molecule has 1 saturated carbocycles. The Hall–Kier alpha value is -0.610. The summed E-state index contributed by atoms with van der Waals surface area (Å²) in [4.78, 5) is 14.9. The lowest BCUT2D eigenvalue weighted by molar-refractivity contribution is -0.152. The third kappa shape index (κ3) is 3.93. The van der Waals surface area contributed by atoms with Gasteiger partial charge in [-0.2, -0.15) is 0 Å². The normalized spacial score (nSPS) is 28.9. The van der Waals surface area contributed by atoms with Crippen molar-refractivity contribution >= 4 is 5.97 Å². The quantitative estimate of drug-likeness (QED) is 0.748. The highest BCUT2D eigenvalue weighted by Crippen LogP contribution is 2.30. The number of esters is 1. The summed E-state index contributed by atoms with van der Waals surface area (Å²) >= 11 is 0. The van der Waals surface area contributed by atoms with Gasteiger partial charge in [0.1, 0.15) is 5.54 Å². The van der Waals surface area contributed by atoms with E-state index in [-0.39, 0.29) is 5.97 Å². The van der Waals surface area contributed by atoms with Crippen molar-refractivity contribution in [1.29, 1.82) is 0 Å². The fraction of sp³-hybridized carbons (Fsp3) is 0.933. The first-order chi connectivity index (χ1) is 9.20. The van der Waals surface area contributed by atoms with Crippen molar-refractivity contribution in [3.8, 4) is 0 Å². The highest BCUT2D eigenvalue weighted by Gasteiger charge is 2.44. The molecular formula is C15H28N2O2. The second-order valence-corrected chi connectivity index (χ2v) is 5.92. The van der Waals surface area contributed by atoms with E-state index in [4.69, 9.17) is 4.74 Å². The molecule has 110 valence electrons. The number of hydrogen-bond acceptors (Lipinski definition) is 4. The van der Waals surface area contributed by atoms with E-state index in [0.29, 0.717) is 12.6 Å². The molecule has 1 saturated heterocycles. The van der Waals surface area contributed by atoms with Gasteiger partial charge in [-0.05, 0) is 58.5 Å². The topological polar surface area (TPSA) is 41.6 Å². The van der Waals surface area contributed by atoms with Crippen molar-refractivity contribution in [3.63, 3.8) is 0 Å². The van der Waals surface area contributed by atoms with Crippen molar-refractivity contribution in [1.82, 2.24) is 10.2 Å². The summed E-state index contributed by atoms with van der Waals surface area (Å²) in [6.07, 6.45) is 6.49. The Bertz CT molecular complexity index is 305. The lowest BCUT2D eigenvalue weighted by Crippen LogP contribution is -2.54. The first-order valence-electron chi connectivity index (χ1n) is 7.87. The van der Waals surface area contributed by atoms with Crippen molar-refractivity contribution in [2.24, 2.45) is 0 Å². The van der Waals surface area contributed by atoms with Gasteiger partial charge in [0.2, 0.25) is 0 Å². The van der Waals surface area contributed by atoms with Crippen LogP contribution in [0.1, 0.15) is 52.4 Å². The molecular weight excluding hydrogens is 240 g/mol. The maximum atomic E-state index is 12.4. The molecule has 0 aromatic rings. The van der Waals surface area contributed by atoms with E-state index in [1.165, 1.54) is 19.3 Å². The van der Waals surface area contributed by atoms with Gasteiger partial charge in [-0.3, -0.25) is 10.1 Å². The van der Waals surface area contributed by atoms with E-state index in [2.05, 4.69) is 17.1 Å². The maximum absolute atomic E-state index is 12.4. The molecule has 1 aliphatic carbocycles. The Kier molecular flexibility index (Phi) is 5.22. The van der Waals surface area contributed by atoms with Gasteiger partial charge in [0.15, 0.2) is 0 Å². The average molecular weight is 268 g/mol. The zero-order chi connectivity index (χ0) is 13.7. The van der Waals surface area contributed by atoms with Gasteiger partial charge in [0.25, 0.3) is 0 Å². The van der Waals surface area contributed by atoms with E-state index < -0.39 is 5.54 Å². The van der Waals surface area contributed by atoms with Crippen LogP contribution in [0.4, 0.5) is 0 Å². The van der Waals surface area contributed by atoms with Crippen LogP contribution in [0.15, 0.2) is 0 Å². The molecule has 1 atom stereocenters. The summed E-state index contributed by atoms with van der Waals surface area (Å²) in [5.41, 5.74) is -0.417. The number of carbonyl (C=O) groups excluding carboxylic acids is 1. The molecule has 0 spiro atoms. The summed E-state index contributed by atoms with van der Waals surface area (Å²) in [6, 6.07) is 0.544. The molecule has 2 fully saturated rings. The lowest BCUT2D eigenvalue weighted by Gasteiger charge is -2.31. The van der Waals surface area contributed by atoms with Crippen LogP contribution in [0, 0.1) is 0 Å².